The van der Waals surface area contributed by atoms with Crippen molar-refractivity contribution < 1.29 is 5.11 Å². The average molecular weight is 649 g/mol. The summed E-state index contributed by atoms with van der Waals surface area (Å²) in [5.74, 6) is 0.825. The molecule has 3 aromatic heterocycles. The fourth-order valence-electron chi connectivity index (χ4n) is 6.64. The molecule has 0 fully saturated rings. The number of benzene rings is 5. The van der Waals surface area contributed by atoms with Gasteiger partial charge in [-0.1, -0.05) is 112 Å². The second-order valence-corrected chi connectivity index (χ2v) is 13.6. The molecular weight excluding hydrogens is 613 g/mol. The molecule has 0 radical (unpaired) electrons. The molecule has 0 aliphatic carbocycles. The van der Waals surface area contributed by atoms with Crippen LogP contribution in [0.15, 0.2) is 158 Å². The van der Waals surface area contributed by atoms with E-state index in [0.717, 1.165) is 66.9 Å². The first kappa shape index (κ1) is 31.0. The Morgan fingerprint density at radius 2 is 1.20 bits per heavy atom. The summed E-state index contributed by atoms with van der Waals surface area (Å²) >= 11 is 0. The molecule has 8 aromatic rings. The monoisotopic (exact) mass is 648 g/mol. The quantitative estimate of drug-likeness (QED) is 0.195. The third-order valence-corrected chi connectivity index (χ3v) is 9.18. The van der Waals surface area contributed by atoms with Gasteiger partial charge in [-0.3, -0.25) is 14.5 Å². The Kier molecular flexibility index (Phi) is 7.81. The molecule has 0 amide bonds. The van der Waals surface area contributed by atoms with E-state index in [4.69, 9.17) is 9.97 Å². The fraction of sp³-hybridized carbons (Fsp3) is 0.0889. The molecule has 0 saturated heterocycles. The molecular formula is C45H36N4O. The number of hydrogen-bond acceptors (Lipinski definition) is 4. The Bertz CT molecular complexity index is 2460. The minimum Gasteiger partial charge on any atom is -0.507 e. The van der Waals surface area contributed by atoms with Crippen molar-refractivity contribution in [3.63, 3.8) is 0 Å². The van der Waals surface area contributed by atoms with Crippen LogP contribution in [-0.4, -0.2) is 24.6 Å². The van der Waals surface area contributed by atoms with Gasteiger partial charge in [0.05, 0.1) is 22.3 Å². The highest BCUT2D eigenvalue weighted by Crippen LogP contribution is 2.42. The van der Waals surface area contributed by atoms with Gasteiger partial charge in [-0.05, 0) is 81.8 Å². The lowest BCUT2D eigenvalue weighted by molar-refractivity contribution is 0.446. The zero-order valence-corrected chi connectivity index (χ0v) is 28.2. The zero-order chi connectivity index (χ0) is 34.2. The first-order valence-corrected chi connectivity index (χ1v) is 16.8. The third kappa shape index (κ3) is 5.73. The summed E-state index contributed by atoms with van der Waals surface area (Å²) in [6.45, 7) is 6.23. The summed E-state index contributed by atoms with van der Waals surface area (Å²) in [6.07, 6.45) is 5.34. The van der Waals surface area contributed by atoms with Crippen molar-refractivity contribution in [2.24, 2.45) is 0 Å². The Morgan fingerprint density at radius 1 is 0.560 bits per heavy atom. The van der Waals surface area contributed by atoms with Gasteiger partial charge in [0.15, 0.2) is 5.82 Å². The minimum atomic E-state index is -0.304. The van der Waals surface area contributed by atoms with E-state index in [1.165, 1.54) is 0 Å². The maximum atomic E-state index is 11.7. The first-order chi connectivity index (χ1) is 24.3. The molecule has 5 aromatic carbocycles. The topological polar surface area (TPSA) is 63.8 Å². The van der Waals surface area contributed by atoms with Crippen molar-refractivity contribution in [3.8, 4) is 67.5 Å². The predicted octanol–water partition coefficient (Wildman–Crippen LogP) is 11.2. The Labute approximate surface area is 292 Å². The number of rotatable bonds is 6. The Balaban J connectivity index is 1.38. The smallest absolute Gasteiger partial charge is 0.151 e. The molecule has 0 unspecified atom stereocenters. The number of pyridine rings is 2. The first-order valence-electron chi connectivity index (χ1n) is 16.8. The molecule has 0 atom stereocenters. The molecule has 50 heavy (non-hydrogen) atoms. The van der Waals surface area contributed by atoms with Crippen LogP contribution in [0.25, 0.3) is 72.7 Å². The lowest BCUT2D eigenvalue weighted by Gasteiger charge is -2.21. The molecule has 0 aliphatic rings. The number of hydrogen-bond donors (Lipinski definition) is 1. The van der Waals surface area contributed by atoms with Gasteiger partial charge in [-0.25, -0.2) is 4.98 Å². The number of aromatic hydroxyl groups is 1. The van der Waals surface area contributed by atoms with E-state index in [0.29, 0.717) is 11.4 Å². The molecule has 5 heteroatoms. The molecule has 242 valence electrons. The highest BCUT2D eigenvalue weighted by molar-refractivity contribution is 5.97. The molecule has 1 N–H and O–H groups in total. The van der Waals surface area contributed by atoms with Gasteiger partial charge in [-0.15, -0.1) is 0 Å². The fourth-order valence-corrected chi connectivity index (χ4v) is 6.64. The van der Waals surface area contributed by atoms with Gasteiger partial charge >= 0.3 is 0 Å². The molecule has 0 spiro atoms. The van der Waals surface area contributed by atoms with Gasteiger partial charge in [0.1, 0.15) is 5.75 Å². The van der Waals surface area contributed by atoms with Crippen LogP contribution in [0.4, 0.5) is 0 Å². The van der Waals surface area contributed by atoms with E-state index in [1.807, 2.05) is 36.5 Å². The van der Waals surface area contributed by atoms with Crippen molar-refractivity contribution in [2.75, 3.05) is 0 Å². The van der Waals surface area contributed by atoms with Gasteiger partial charge in [0, 0.05) is 41.0 Å². The average Bonchev–Trinajstić information content (AvgIpc) is 3.55. The van der Waals surface area contributed by atoms with Gasteiger partial charge in [0.2, 0.25) is 0 Å². The SMILES string of the molecule is CC(C)(C)c1cncc(-c2nc3c(-c4cc(-c5ccccc5)cc(-c5cc(-c6ccccc6)ccn5)c4)cccc3n2-c2ccccc2)c1O. The normalized spacial score (nSPS) is 11.6. The van der Waals surface area contributed by atoms with Crippen molar-refractivity contribution >= 4 is 11.0 Å². The summed E-state index contributed by atoms with van der Waals surface area (Å²) in [5.41, 5.74) is 12.1. The minimum absolute atomic E-state index is 0.194. The summed E-state index contributed by atoms with van der Waals surface area (Å²) in [6, 6.07) is 48.2. The summed E-state index contributed by atoms with van der Waals surface area (Å²) in [5, 5.41) is 11.7. The molecule has 0 aliphatic heterocycles. The largest absolute Gasteiger partial charge is 0.507 e. The van der Waals surface area contributed by atoms with Gasteiger partial charge < -0.3 is 5.11 Å². The van der Waals surface area contributed by atoms with E-state index < -0.39 is 0 Å². The second kappa shape index (κ2) is 12.6. The third-order valence-electron chi connectivity index (χ3n) is 9.18. The summed E-state index contributed by atoms with van der Waals surface area (Å²) in [4.78, 5) is 14.7. The second-order valence-electron chi connectivity index (χ2n) is 13.6. The van der Waals surface area contributed by atoms with Crippen molar-refractivity contribution in [2.45, 2.75) is 26.2 Å². The summed E-state index contributed by atoms with van der Waals surface area (Å²) < 4.78 is 2.12. The zero-order valence-electron chi connectivity index (χ0n) is 28.2. The van der Waals surface area contributed by atoms with Crippen LogP contribution in [0.1, 0.15) is 26.3 Å². The van der Waals surface area contributed by atoms with Crippen LogP contribution in [0.3, 0.4) is 0 Å². The van der Waals surface area contributed by atoms with Crippen LogP contribution in [-0.2, 0) is 5.41 Å². The van der Waals surface area contributed by atoms with E-state index in [9.17, 15) is 5.11 Å². The van der Waals surface area contributed by atoms with Crippen LogP contribution >= 0.6 is 0 Å². The lowest BCUT2D eigenvalue weighted by Crippen LogP contribution is -2.12. The maximum Gasteiger partial charge on any atom is 0.151 e. The number of aromatic nitrogens is 4. The van der Waals surface area contributed by atoms with Crippen LogP contribution in [0.5, 0.6) is 5.75 Å². The highest BCUT2D eigenvalue weighted by atomic mass is 16.3. The molecule has 3 heterocycles. The van der Waals surface area contributed by atoms with Crippen LogP contribution in [0.2, 0.25) is 0 Å². The van der Waals surface area contributed by atoms with Gasteiger partial charge in [-0.2, -0.15) is 0 Å². The lowest BCUT2D eigenvalue weighted by atomic mass is 9.86. The van der Waals surface area contributed by atoms with E-state index in [-0.39, 0.29) is 11.2 Å². The van der Waals surface area contributed by atoms with Crippen LogP contribution < -0.4 is 0 Å². The standard InChI is InChI=1S/C45H36N4O/c1-45(2,3)39-29-46-28-38(43(39)50)44-48-42-37(20-13-21-41(42)49(44)36-18-11-6-12-19-36)34-24-33(31-16-9-5-10-17-31)25-35(26-34)40-27-32(22-23-47-40)30-14-7-4-8-15-30/h4-29H,1-3H3,(H,46,50). The van der Waals surface area contributed by atoms with Crippen molar-refractivity contribution in [3.05, 3.63) is 164 Å². The number of imidazole rings is 1. The van der Waals surface area contributed by atoms with E-state index in [2.05, 4.69) is 140 Å². The molecule has 5 nitrogen and oxygen atoms in total. The van der Waals surface area contributed by atoms with Crippen molar-refractivity contribution in [1.82, 2.24) is 19.5 Å². The van der Waals surface area contributed by atoms with E-state index >= 15 is 0 Å². The maximum absolute atomic E-state index is 11.7. The van der Waals surface area contributed by atoms with Crippen LogP contribution in [0, 0.1) is 0 Å². The van der Waals surface area contributed by atoms with Gasteiger partial charge in [0.25, 0.3) is 0 Å². The number of para-hydroxylation sites is 2. The number of fused-ring (bicyclic) bond motifs is 1. The van der Waals surface area contributed by atoms with Crippen molar-refractivity contribution in [1.29, 1.82) is 0 Å². The Morgan fingerprint density at radius 3 is 1.90 bits per heavy atom. The highest BCUT2D eigenvalue weighted by Gasteiger charge is 2.25. The summed E-state index contributed by atoms with van der Waals surface area (Å²) in [7, 11) is 0. The molecule has 0 saturated carbocycles. The Hall–Kier alpha value is -6.33. The van der Waals surface area contributed by atoms with E-state index in [1.54, 1.807) is 12.4 Å². The molecule has 8 rings (SSSR count). The predicted molar refractivity (Wildman–Crippen MR) is 204 cm³/mol. The molecule has 0 bridgehead atoms. The number of nitrogens with zero attached hydrogens (tertiary/aromatic N) is 4.